The Labute approximate surface area is 114 Å². The molecule has 0 atom stereocenters. The molecule has 0 aliphatic heterocycles. The average molecular weight is 259 g/mol. The van der Waals surface area contributed by atoms with Crippen LogP contribution >= 0.6 is 0 Å². The molecule has 0 bridgehead atoms. The van der Waals surface area contributed by atoms with Gasteiger partial charge >= 0.3 is 0 Å². The Morgan fingerprint density at radius 3 is 2.11 bits per heavy atom. The van der Waals surface area contributed by atoms with Crippen LogP contribution in [0.5, 0.6) is 11.5 Å². The maximum absolute atomic E-state index is 11.1. The quantitative estimate of drug-likeness (QED) is 0.881. The van der Waals surface area contributed by atoms with Gasteiger partial charge in [-0.05, 0) is 37.5 Å². The maximum Gasteiger partial charge on any atom is 0.248 e. The van der Waals surface area contributed by atoms with Crippen molar-refractivity contribution in [1.82, 2.24) is 4.98 Å². The van der Waals surface area contributed by atoms with Crippen LogP contribution in [0.3, 0.4) is 0 Å². The van der Waals surface area contributed by atoms with E-state index >= 15 is 0 Å². The third-order valence-corrected chi connectivity index (χ3v) is 2.70. The van der Waals surface area contributed by atoms with Crippen molar-refractivity contribution in [3.05, 3.63) is 57.5 Å². The molecule has 0 saturated heterocycles. The number of H-pyrrole nitrogens is 1. The summed E-state index contributed by atoms with van der Waals surface area (Å²) < 4.78 is 5.86. The molecule has 0 radical (unpaired) electrons. The van der Waals surface area contributed by atoms with Crippen LogP contribution in [0.15, 0.2) is 35.3 Å². The lowest BCUT2D eigenvalue weighted by molar-refractivity contribution is 0.468. The molecule has 2 rings (SSSR count). The predicted octanol–water partition coefficient (Wildman–Crippen LogP) is 4.12. The first-order valence-electron chi connectivity index (χ1n) is 6.51. The largest absolute Gasteiger partial charge is 0.455 e. The molecule has 1 N–H and O–H groups in total. The van der Waals surface area contributed by atoms with E-state index in [4.69, 9.17) is 4.74 Å². The summed E-state index contributed by atoms with van der Waals surface area (Å²) in [6.45, 7) is 9.87. The first-order chi connectivity index (χ1) is 9.08. The number of pyridine rings is 1. The highest BCUT2D eigenvalue weighted by molar-refractivity contribution is 5.44. The van der Waals surface area contributed by atoms with Crippen LogP contribution in [0.25, 0.3) is 0 Å². The number of aromatic nitrogens is 1. The van der Waals surface area contributed by atoms with Crippen LogP contribution in [0.1, 0.15) is 30.5 Å². The van der Waals surface area contributed by atoms with Crippen LogP contribution in [-0.4, -0.2) is 4.98 Å². The van der Waals surface area contributed by atoms with Crippen LogP contribution in [0.4, 0.5) is 0 Å². The van der Waals surface area contributed by atoms with Gasteiger partial charge in [-0.1, -0.05) is 32.0 Å². The van der Waals surface area contributed by atoms with Gasteiger partial charge in [0.25, 0.3) is 0 Å². The number of benzene rings is 1. The molecule has 0 spiro atoms. The lowest BCUT2D eigenvalue weighted by Gasteiger charge is -2.12. The zero-order valence-corrected chi connectivity index (χ0v) is 12.2. The normalized spacial score (nSPS) is 9.53. The number of aryl methyl sites for hydroxylation is 3. The summed E-state index contributed by atoms with van der Waals surface area (Å²) in [4.78, 5) is 13.7. The fraction of sp³-hybridized carbons (Fsp3) is 0.312. The van der Waals surface area contributed by atoms with Crippen molar-refractivity contribution in [1.29, 1.82) is 0 Å². The minimum Gasteiger partial charge on any atom is -0.455 e. The zero-order chi connectivity index (χ0) is 14.4. The summed E-state index contributed by atoms with van der Waals surface area (Å²) in [6.07, 6.45) is 1.60. The third-order valence-electron chi connectivity index (χ3n) is 2.70. The summed E-state index contributed by atoms with van der Waals surface area (Å²) >= 11 is 0. The molecule has 0 fully saturated rings. The summed E-state index contributed by atoms with van der Waals surface area (Å²) in [5.74, 6) is 1.53. The Kier molecular flexibility index (Phi) is 5.37. The lowest BCUT2D eigenvalue weighted by Crippen LogP contribution is -2.04. The molecule has 102 valence electrons. The molecule has 1 aromatic carbocycles. The summed E-state index contributed by atoms with van der Waals surface area (Å²) in [7, 11) is 0. The first kappa shape index (κ1) is 15.0. The van der Waals surface area contributed by atoms with Gasteiger partial charge in [0, 0.05) is 12.3 Å². The van der Waals surface area contributed by atoms with E-state index < -0.39 is 0 Å². The molecule has 1 aromatic heterocycles. The van der Waals surface area contributed by atoms with E-state index in [2.05, 4.69) is 4.98 Å². The van der Waals surface area contributed by atoms with Crippen molar-refractivity contribution >= 4 is 0 Å². The smallest absolute Gasteiger partial charge is 0.248 e. The lowest BCUT2D eigenvalue weighted by atomic mass is 10.1. The van der Waals surface area contributed by atoms with E-state index in [1.54, 1.807) is 6.20 Å². The fourth-order valence-electron chi connectivity index (χ4n) is 1.74. The van der Waals surface area contributed by atoms with E-state index in [1.165, 1.54) is 6.07 Å². The molecular weight excluding hydrogens is 238 g/mol. The number of rotatable bonds is 2. The van der Waals surface area contributed by atoms with Gasteiger partial charge < -0.3 is 9.72 Å². The van der Waals surface area contributed by atoms with E-state index in [0.717, 1.165) is 22.4 Å². The minimum atomic E-state index is -0.114. The number of aromatic amines is 1. The minimum absolute atomic E-state index is 0.114. The molecule has 0 aliphatic carbocycles. The van der Waals surface area contributed by atoms with Crippen molar-refractivity contribution in [3.63, 3.8) is 0 Å². The molecule has 0 unspecified atom stereocenters. The van der Waals surface area contributed by atoms with Gasteiger partial charge in [-0.3, -0.25) is 4.79 Å². The fourth-order valence-corrected chi connectivity index (χ4v) is 1.74. The Balaban J connectivity index is 0.000000861. The Morgan fingerprint density at radius 1 is 1.00 bits per heavy atom. The maximum atomic E-state index is 11.1. The van der Waals surface area contributed by atoms with E-state index in [1.807, 2.05) is 52.8 Å². The number of ether oxygens (including phenoxy) is 1. The summed E-state index contributed by atoms with van der Waals surface area (Å²) in [5, 5.41) is 0. The second kappa shape index (κ2) is 6.78. The summed E-state index contributed by atoms with van der Waals surface area (Å²) in [6, 6.07) is 7.53. The Morgan fingerprint density at radius 2 is 1.58 bits per heavy atom. The van der Waals surface area contributed by atoms with Gasteiger partial charge in [0.2, 0.25) is 5.56 Å². The predicted molar refractivity (Wildman–Crippen MR) is 79.1 cm³/mol. The molecule has 3 heteroatoms. The second-order valence-electron chi connectivity index (χ2n) is 4.17. The Bertz CT molecular complexity index is 580. The molecule has 0 saturated carbocycles. The molecular formula is C16H21NO2. The van der Waals surface area contributed by atoms with Gasteiger partial charge in [0.15, 0.2) is 0 Å². The van der Waals surface area contributed by atoms with Crippen molar-refractivity contribution in [2.45, 2.75) is 34.6 Å². The summed E-state index contributed by atoms with van der Waals surface area (Å²) in [5.41, 5.74) is 2.87. The molecule has 3 nitrogen and oxygen atoms in total. The highest BCUT2D eigenvalue weighted by atomic mass is 16.5. The van der Waals surface area contributed by atoms with Gasteiger partial charge in [-0.25, -0.2) is 0 Å². The van der Waals surface area contributed by atoms with Crippen LogP contribution in [0, 0.1) is 20.8 Å². The number of nitrogens with one attached hydrogen (secondary N) is 1. The molecule has 0 amide bonds. The number of para-hydroxylation sites is 1. The third kappa shape index (κ3) is 3.71. The van der Waals surface area contributed by atoms with Crippen molar-refractivity contribution in [2.24, 2.45) is 0 Å². The standard InChI is InChI=1S/C14H15NO2.C2H6/c1-9-5-4-6-10(2)14(9)17-12-8-15-13(16)7-11(12)3;1-2/h4-8H,1-3H3,(H,15,16);1-2H3. The second-order valence-corrected chi connectivity index (χ2v) is 4.17. The first-order valence-corrected chi connectivity index (χ1v) is 6.51. The van der Waals surface area contributed by atoms with Crippen LogP contribution in [-0.2, 0) is 0 Å². The van der Waals surface area contributed by atoms with Gasteiger partial charge in [0.1, 0.15) is 11.5 Å². The average Bonchev–Trinajstić information content (AvgIpc) is 2.39. The van der Waals surface area contributed by atoms with Crippen molar-refractivity contribution < 1.29 is 4.74 Å². The van der Waals surface area contributed by atoms with Gasteiger partial charge in [0.05, 0.1) is 0 Å². The SMILES string of the molecule is CC.Cc1cc(=O)[nH]cc1Oc1c(C)cccc1C. The van der Waals surface area contributed by atoms with Crippen molar-refractivity contribution in [3.8, 4) is 11.5 Å². The molecule has 1 heterocycles. The van der Waals surface area contributed by atoms with Gasteiger partial charge in [-0.2, -0.15) is 0 Å². The number of hydrogen-bond donors (Lipinski definition) is 1. The number of hydrogen-bond acceptors (Lipinski definition) is 2. The topological polar surface area (TPSA) is 42.1 Å². The van der Waals surface area contributed by atoms with Crippen LogP contribution < -0.4 is 10.3 Å². The molecule has 19 heavy (non-hydrogen) atoms. The molecule has 2 aromatic rings. The van der Waals surface area contributed by atoms with E-state index in [9.17, 15) is 4.79 Å². The van der Waals surface area contributed by atoms with Crippen molar-refractivity contribution in [2.75, 3.05) is 0 Å². The van der Waals surface area contributed by atoms with E-state index in [-0.39, 0.29) is 5.56 Å². The van der Waals surface area contributed by atoms with Crippen LogP contribution in [0.2, 0.25) is 0 Å². The molecule has 0 aliphatic rings. The highest BCUT2D eigenvalue weighted by Gasteiger charge is 2.07. The monoisotopic (exact) mass is 259 g/mol. The Hall–Kier alpha value is -2.03. The zero-order valence-electron chi connectivity index (χ0n) is 12.2. The highest BCUT2D eigenvalue weighted by Crippen LogP contribution is 2.29. The van der Waals surface area contributed by atoms with Gasteiger partial charge in [-0.15, -0.1) is 0 Å². The van der Waals surface area contributed by atoms with E-state index in [0.29, 0.717) is 5.75 Å².